The minimum absolute atomic E-state index is 0.124. The van der Waals surface area contributed by atoms with Crippen molar-refractivity contribution in [2.45, 2.75) is 12.8 Å². The number of rotatable bonds is 6. The second-order valence-electron chi connectivity index (χ2n) is 3.68. The van der Waals surface area contributed by atoms with Crippen molar-refractivity contribution in [2.75, 3.05) is 7.11 Å². The third-order valence-corrected chi connectivity index (χ3v) is 2.13. The molecule has 0 saturated heterocycles. The normalized spacial score (nSPS) is 11.4. The molecule has 0 aromatic heterocycles. The van der Waals surface area contributed by atoms with Crippen molar-refractivity contribution in [3.05, 3.63) is 42.2 Å². The number of hydrogen-bond donors (Lipinski definition) is 0. The van der Waals surface area contributed by atoms with Gasteiger partial charge in [-0.2, -0.15) is 0 Å². The molecule has 0 aliphatic rings. The van der Waals surface area contributed by atoms with Crippen molar-refractivity contribution in [3.63, 3.8) is 0 Å². The van der Waals surface area contributed by atoms with Gasteiger partial charge in [0, 0.05) is 11.6 Å². The van der Waals surface area contributed by atoms with Crippen molar-refractivity contribution in [1.29, 1.82) is 0 Å². The molecule has 4 nitrogen and oxygen atoms in total. The summed E-state index contributed by atoms with van der Waals surface area (Å²) in [6.07, 6.45) is -2.94. The second-order valence-corrected chi connectivity index (χ2v) is 3.68. The highest BCUT2D eigenvalue weighted by atomic mass is 19.4. The number of ether oxygens (including phenoxy) is 2. The summed E-state index contributed by atoms with van der Waals surface area (Å²) >= 11 is 0. The zero-order chi connectivity index (χ0) is 15.2. The number of carbonyl (C=O) groups excluding carboxylic acids is 2. The fourth-order valence-corrected chi connectivity index (χ4v) is 1.31. The molecular weight excluding hydrogens is 277 g/mol. The molecule has 0 unspecified atom stereocenters. The lowest BCUT2D eigenvalue weighted by molar-refractivity contribution is -0.274. The van der Waals surface area contributed by atoms with Gasteiger partial charge in [0.2, 0.25) is 0 Å². The van der Waals surface area contributed by atoms with E-state index in [4.69, 9.17) is 0 Å². The Kier molecular flexibility index (Phi) is 5.31. The maximum Gasteiger partial charge on any atom is 0.573 e. The Morgan fingerprint density at radius 2 is 1.80 bits per heavy atom. The minimum atomic E-state index is -4.79. The molecule has 0 bridgehead atoms. The highest BCUT2D eigenvalue weighted by Crippen LogP contribution is 2.23. The van der Waals surface area contributed by atoms with Gasteiger partial charge in [-0.1, -0.05) is 0 Å². The molecule has 0 N–H and O–H groups in total. The van der Waals surface area contributed by atoms with E-state index in [1.807, 2.05) is 0 Å². The van der Waals surface area contributed by atoms with E-state index in [0.29, 0.717) is 0 Å². The predicted molar refractivity (Wildman–Crippen MR) is 63.2 cm³/mol. The lowest BCUT2D eigenvalue weighted by Crippen LogP contribution is -2.17. The van der Waals surface area contributed by atoms with Crippen molar-refractivity contribution < 1.29 is 32.2 Å². The van der Waals surface area contributed by atoms with Crippen molar-refractivity contribution >= 4 is 11.6 Å². The molecule has 1 aromatic rings. The SMILES string of the molecule is CO/C=C/C(=O)CC(=O)c1ccc(OC(F)(F)F)cc1. The summed E-state index contributed by atoms with van der Waals surface area (Å²) in [5.41, 5.74) is 0.124. The highest BCUT2D eigenvalue weighted by molar-refractivity contribution is 6.11. The number of allylic oxidation sites excluding steroid dienone is 1. The zero-order valence-corrected chi connectivity index (χ0v) is 10.4. The predicted octanol–water partition coefficient (Wildman–Crippen LogP) is 2.89. The van der Waals surface area contributed by atoms with Crippen molar-refractivity contribution in [3.8, 4) is 5.75 Å². The smallest absolute Gasteiger partial charge is 0.504 e. The summed E-state index contributed by atoms with van der Waals surface area (Å²) in [6, 6.07) is 4.35. The molecule has 0 spiro atoms. The number of ketones is 2. The maximum atomic E-state index is 11.9. The van der Waals surface area contributed by atoms with Crippen LogP contribution in [0.25, 0.3) is 0 Å². The topological polar surface area (TPSA) is 52.6 Å². The first-order chi connectivity index (χ1) is 9.31. The van der Waals surface area contributed by atoms with Crippen LogP contribution in [0.15, 0.2) is 36.6 Å². The summed E-state index contributed by atoms with van der Waals surface area (Å²) in [4.78, 5) is 22.9. The number of alkyl halides is 3. The molecule has 0 amide bonds. The van der Waals surface area contributed by atoms with Crippen LogP contribution in [0.5, 0.6) is 5.75 Å². The largest absolute Gasteiger partial charge is 0.573 e. The number of benzene rings is 1. The average molecular weight is 288 g/mol. The first kappa shape index (κ1) is 15.7. The molecular formula is C13H11F3O4. The Morgan fingerprint density at radius 3 is 2.30 bits per heavy atom. The fourth-order valence-electron chi connectivity index (χ4n) is 1.31. The van der Waals surface area contributed by atoms with Gasteiger partial charge < -0.3 is 9.47 Å². The number of Topliss-reactive ketones (excluding diaryl/α,β-unsaturated/α-hetero) is 1. The molecule has 0 saturated carbocycles. The third-order valence-electron chi connectivity index (χ3n) is 2.13. The van der Waals surface area contributed by atoms with E-state index >= 15 is 0 Å². The van der Waals surface area contributed by atoms with Crippen LogP contribution in [0.3, 0.4) is 0 Å². The van der Waals surface area contributed by atoms with Gasteiger partial charge in [0.15, 0.2) is 11.6 Å². The van der Waals surface area contributed by atoms with Crippen LogP contribution in [0, 0.1) is 0 Å². The maximum absolute atomic E-state index is 11.9. The van der Waals surface area contributed by atoms with Crippen LogP contribution in [-0.2, 0) is 9.53 Å². The van der Waals surface area contributed by atoms with Crippen LogP contribution in [0.1, 0.15) is 16.8 Å². The zero-order valence-electron chi connectivity index (χ0n) is 10.4. The summed E-state index contributed by atoms with van der Waals surface area (Å²) in [6.45, 7) is 0. The lowest BCUT2D eigenvalue weighted by Gasteiger charge is -2.08. The van der Waals surface area contributed by atoms with Gasteiger partial charge >= 0.3 is 6.36 Å². The summed E-state index contributed by atoms with van der Waals surface area (Å²) in [7, 11) is 1.35. The average Bonchev–Trinajstić information content (AvgIpc) is 2.35. The molecule has 108 valence electrons. The molecule has 1 rings (SSSR count). The van der Waals surface area contributed by atoms with Gasteiger partial charge in [-0.05, 0) is 24.3 Å². The molecule has 0 atom stereocenters. The van der Waals surface area contributed by atoms with E-state index in [0.717, 1.165) is 36.6 Å². The van der Waals surface area contributed by atoms with Crippen molar-refractivity contribution in [2.24, 2.45) is 0 Å². The molecule has 7 heteroatoms. The molecule has 0 aliphatic carbocycles. The number of carbonyl (C=O) groups is 2. The third kappa shape index (κ3) is 5.55. The lowest BCUT2D eigenvalue weighted by atomic mass is 10.1. The van der Waals surface area contributed by atoms with Crippen LogP contribution < -0.4 is 4.74 Å². The minimum Gasteiger partial charge on any atom is -0.504 e. The van der Waals surface area contributed by atoms with E-state index in [1.54, 1.807) is 0 Å². The molecule has 20 heavy (non-hydrogen) atoms. The number of hydrogen-bond acceptors (Lipinski definition) is 4. The van der Waals surface area contributed by atoms with E-state index in [2.05, 4.69) is 9.47 Å². The molecule has 0 fully saturated rings. The van der Waals surface area contributed by atoms with E-state index in [9.17, 15) is 22.8 Å². The van der Waals surface area contributed by atoms with Gasteiger partial charge in [0.05, 0.1) is 19.8 Å². The summed E-state index contributed by atoms with van der Waals surface area (Å²) < 4.78 is 44.0. The van der Waals surface area contributed by atoms with Crippen LogP contribution in [0.4, 0.5) is 13.2 Å². The van der Waals surface area contributed by atoms with Gasteiger partial charge in [-0.3, -0.25) is 9.59 Å². The number of halogens is 3. The quantitative estimate of drug-likeness (QED) is 0.349. The highest BCUT2D eigenvalue weighted by Gasteiger charge is 2.31. The van der Waals surface area contributed by atoms with Gasteiger partial charge in [0.25, 0.3) is 0 Å². The first-order valence-corrected chi connectivity index (χ1v) is 5.43. The first-order valence-electron chi connectivity index (χ1n) is 5.43. The Labute approximate surface area is 112 Å². The standard InChI is InChI=1S/C13H11F3O4/c1-19-7-6-10(17)8-12(18)9-2-4-11(5-3-9)20-13(14,15)16/h2-7H,8H2,1H3/b7-6+. The summed E-state index contributed by atoms with van der Waals surface area (Å²) in [5, 5.41) is 0. The van der Waals surface area contributed by atoms with E-state index in [-0.39, 0.29) is 12.0 Å². The monoisotopic (exact) mass is 288 g/mol. The fraction of sp³-hybridized carbons (Fsp3) is 0.231. The van der Waals surface area contributed by atoms with Gasteiger partial charge in [-0.25, -0.2) is 0 Å². The second kappa shape index (κ2) is 6.74. The number of methoxy groups -OCH3 is 1. The van der Waals surface area contributed by atoms with Crippen LogP contribution in [-0.4, -0.2) is 25.0 Å². The molecule has 0 aliphatic heterocycles. The molecule has 0 radical (unpaired) electrons. The summed E-state index contributed by atoms with van der Waals surface area (Å²) in [5.74, 6) is -1.40. The molecule has 0 heterocycles. The molecule has 1 aromatic carbocycles. The Morgan fingerprint density at radius 1 is 1.20 bits per heavy atom. The van der Waals surface area contributed by atoms with E-state index in [1.165, 1.54) is 7.11 Å². The Bertz CT molecular complexity index is 503. The Balaban J connectivity index is 2.66. The van der Waals surface area contributed by atoms with Gasteiger partial charge in [-0.15, -0.1) is 13.2 Å². The van der Waals surface area contributed by atoms with Crippen LogP contribution >= 0.6 is 0 Å². The van der Waals surface area contributed by atoms with Crippen LogP contribution in [0.2, 0.25) is 0 Å². The van der Waals surface area contributed by atoms with Gasteiger partial charge in [0.1, 0.15) is 5.75 Å². The van der Waals surface area contributed by atoms with E-state index < -0.39 is 23.7 Å². The van der Waals surface area contributed by atoms with Crippen molar-refractivity contribution in [1.82, 2.24) is 0 Å². The Hall–Kier alpha value is -2.31.